The molecule has 336 valence electrons. The average molecular weight is 886 g/mol. The van der Waals surface area contributed by atoms with Crippen molar-refractivity contribution in [3.8, 4) is 5.75 Å². The van der Waals surface area contributed by atoms with Gasteiger partial charge < -0.3 is 9.64 Å². The second kappa shape index (κ2) is 26.1. The topological polar surface area (TPSA) is 116 Å². The Balaban J connectivity index is 1.31. The van der Waals surface area contributed by atoms with E-state index in [0.717, 1.165) is 57.2 Å². The van der Waals surface area contributed by atoms with Crippen molar-refractivity contribution < 1.29 is 26.1 Å². The molecule has 0 saturated heterocycles. The number of hydrogen-bond acceptors (Lipinski definition) is 8. The quantitative estimate of drug-likeness (QED) is 0.0564. The van der Waals surface area contributed by atoms with E-state index in [2.05, 4.69) is 67.0 Å². The van der Waals surface area contributed by atoms with Crippen molar-refractivity contribution in [1.29, 1.82) is 0 Å². The van der Waals surface area contributed by atoms with Gasteiger partial charge in [0, 0.05) is 53.7 Å². The summed E-state index contributed by atoms with van der Waals surface area (Å²) in [5.41, 5.74) is 3.04. The van der Waals surface area contributed by atoms with Crippen LogP contribution in [0.1, 0.15) is 155 Å². The summed E-state index contributed by atoms with van der Waals surface area (Å²) in [6, 6.07) is 9.81. The van der Waals surface area contributed by atoms with Crippen LogP contribution in [-0.2, 0) is 20.1 Å². The van der Waals surface area contributed by atoms with Crippen molar-refractivity contribution in [2.75, 3.05) is 49.1 Å². The van der Waals surface area contributed by atoms with E-state index in [-0.39, 0.29) is 23.0 Å². The number of likely N-dealkylation sites (N-methyl/N-ethyl adjacent to an activating group) is 1. The highest BCUT2D eigenvalue weighted by atomic mass is 32.2. The fourth-order valence-corrected chi connectivity index (χ4v) is 11.2. The van der Waals surface area contributed by atoms with Crippen LogP contribution in [0.3, 0.4) is 0 Å². The minimum absolute atomic E-state index is 0.0229. The number of nitrogens with zero attached hydrogens (tertiary/aromatic N) is 2. The van der Waals surface area contributed by atoms with Gasteiger partial charge in [0.25, 0.3) is 10.1 Å². The van der Waals surface area contributed by atoms with Gasteiger partial charge in [0.15, 0.2) is 0 Å². The van der Waals surface area contributed by atoms with E-state index in [1.165, 1.54) is 107 Å². The fraction of sp³-hybridized carbons (Fsp3) is 0.625. The van der Waals surface area contributed by atoms with Crippen LogP contribution >= 0.6 is 11.8 Å². The molecule has 1 unspecified atom stereocenters. The van der Waals surface area contributed by atoms with Crippen molar-refractivity contribution in [3.05, 3.63) is 77.1 Å². The van der Waals surface area contributed by atoms with Crippen molar-refractivity contribution in [3.63, 3.8) is 0 Å². The lowest BCUT2D eigenvalue weighted by Crippen LogP contribution is -2.34. The van der Waals surface area contributed by atoms with Gasteiger partial charge >= 0.3 is 0 Å². The highest BCUT2D eigenvalue weighted by molar-refractivity contribution is 7.99. The van der Waals surface area contributed by atoms with Crippen LogP contribution in [0.4, 0.5) is 5.69 Å². The van der Waals surface area contributed by atoms with E-state index >= 15 is 0 Å². The van der Waals surface area contributed by atoms with Gasteiger partial charge in [-0.1, -0.05) is 129 Å². The summed E-state index contributed by atoms with van der Waals surface area (Å²) in [5.74, 6) is 3.73. The van der Waals surface area contributed by atoms with Gasteiger partial charge in [-0.2, -0.15) is 20.2 Å². The maximum Gasteiger partial charge on any atom is 0.295 e. The van der Waals surface area contributed by atoms with E-state index in [0.29, 0.717) is 34.6 Å². The number of unbranched alkanes of at least 4 members (excludes halogenated alkanes) is 15. The molecule has 4 rings (SSSR count). The summed E-state index contributed by atoms with van der Waals surface area (Å²) in [6.45, 7) is 14.2. The molecule has 0 bridgehead atoms. The number of benzene rings is 2. The van der Waals surface area contributed by atoms with Gasteiger partial charge in [-0.3, -0.25) is 9.45 Å². The number of nitrogens with one attached hydrogen (secondary N) is 1. The molecule has 2 N–H and O–H groups in total. The van der Waals surface area contributed by atoms with E-state index < -0.39 is 25.0 Å². The maximum absolute atomic E-state index is 13.5. The maximum atomic E-state index is 13.5. The zero-order chi connectivity index (χ0) is 43.4. The molecule has 0 fully saturated rings. The average Bonchev–Trinajstić information content (AvgIpc) is 3.23. The Morgan fingerprint density at radius 1 is 0.683 bits per heavy atom. The van der Waals surface area contributed by atoms with Crippen LogP contribution in [0.15, 0.2) is 75.7 Å². The number of fused-ring (bicyclic) bond motifs is 2. The molecule has 0 spiro atoms. The first-order chi connectivity index (χ1) is 29.0. The van der Waals surface area contributed by atoms with E-state index in [9.17, 15) is 21.4 Å². The Labute approximate surface area is 368 Å². The minimum atomic E-state index is -4.85. The molecule has 0 aromatic heterocycles. The van der Waals surface area contributed by atoms with Crippen LogP contribution in [0.5, 0.6) is 5.75 Å². The monoisotopic (exact) mass is 885 g/mol. The standard InChI is InChI=1S/C48H75N3O6S3/c1-6-11-12-13-14-19-22-25-34-58-35-26-23-20-17-15-16-18-21-24-33-49-59(52,53)41-29-32-44(47(38-41)60(54,55)56)48-42-30-27-39(50(7-2)8-3)36-45(42)57-46-37-40(28-31-43(46)48)51(9-4)10-5/h27-32,36-39,49H,6-26,33-35H2,1-5H3,(H,54,55,56). The second-order valence-corrected chi connectivity index (χ2v) is 20.5. The molecule has 1 heterocycles. The van der Waals surface area contributed by atoms with Crippen LogP contribution in [0.25, 0.3) is 5.57 Å². The van der Waals surface area contributed by atoms with Crippen LogP contribution in [0, 0.1) is 0 Å². The molecule has 60 heavy (non-hydrogen) atoms. The van der Waals surface area contributed by atoms with Gasteiger partial charge in [-0.15, -0.1) is 0 Å². The molecule has 12 heteroatoms. The number of hydrogen-bond donors (Lipinski definition) is 2. The summed E-state index contributed by atoms with van der Waals surface area (Å²) in [5, 5.41) is 0. The molecular weight excluding hydrogens is 811 g/mol. The van der Waals surface area contributed by atoms with Gasteiger partial charge in [-0.25, -0.2) is 13.1 Å². The van der Waals surface area contributed by atoms with Crippen molar-refractivity contribution in [1.82, 2.24) is 9.62 Å². The lowest BCUT2D eigenvalue weighted by atomic mass is 9.86. The van der Waals surface area contributed by atoms with Gasteiger partial charge in [0.05, 0.1) is 10.9 Å². The molecule has 1 atom stereocenters. The predicted molar refractivity (Wildman–Crippen MR) is 254 cm³/mol. The van der Waals surface area contributed by atoms with Crippen molar-refractivity contribution >= 4 is 43.2 Å². The molecule has 0 saturated carbocycles. The Hall–Kier alpha value is -2.61. The van der Waals surface area contributed by atoms with Crippen molar-refractivity contribution in [2.24, 2.45) is 0 Å². The van der Waals surface area contributed by atoms with E-state index in [4.69, 9.17) is 4.74 Å². The first-order valence-electron chi connectivity index (χ1n) is 23.1. The Kier molecular flexibility index (Phi) is 21.8. The number of sulfonamides is 1. The van der Waals surface area contributed by atoms with E-state index in [1.807, 2.05) is 30.4 Å². The predicted octanol–water partition coefficient (Wildman–Crippen LogP) is 11.8. The molecule has 2 aliphatic rings. The number of rotatable bonds is 31. The molecule has 9 nitrogen and oxygen atoms in total. The highest BCUT2D eigenvalue weighted by Gasteiger charge is 2.32. The summed E-state index contributed by atoms with van der Waals surface area (Å²) in [7, 11) is -8.90. The lowest BCUT2D eigenvalue weighted by molar-refractivity contribution is 0.281. The first kappa shape index (κ1) is 50.0. The van der Waals surface area contributed by atoms with Crippen LogP contribution in [-0.4, -0.2) is 76.6 Å². The lowest BCUT2D eigenvalue weighted by Gasteiger charge is -2.33. The summed E-state index contributed by atoms with van der Waals surface area (Å²) >= 11 is 2.12. The van der Waals surface area contributed by atoms with Crippen LogP contribution < -0.4 is 14.4 Å². The van der Waals surface area contributed by atoms with Gasteiger partial charge in [0.2, 0.25) is 10.0 Å². The fourth-order valence-electron chi connectivity index (χ4n) is 8.27. The van der Waals surface area contributed by atoms with Crippen molar-refractivity contribution in [2.45, 2.75) is 160 Å². The van der Waals surface area contributed by atoms with Gasteiger partial charge in [-0.05, 0) is 88.0 Å². The molecule has 0 radical (unpaired) electrons. The third-order valence-electron chi connectivity index (χ3n) is 11.8. The molecule has 1 aliphatic carbocycles. The Morgan fingerprint density at radius 3 is 1.82 bits per heavy atom. The molecule has 2 aromatic rings. The molecular formula is C48H75N3O6S3. The smallest absolute Gasteiger partial charge is 0.295 e. The molecule has 2 aromatic carbocycles. The minimum Gasteiger partial charge on any atom is -0.456 e. The van der Waals surface area contributed by atoms with Gasteiger partial charge in [0.1, 0.15) is 16.4 Å². The number of allylic oxidation sites excluding steroid dienone is 1. The summed E-state index contributed by atoms with van der Waals surface area (Å²) < 4.78 is 73.0. The largest absolute Gasteiger partial charge is 0.456 e. The third-order valence-corrected chi connectivity index (χ3v) is 15.4. The molecule has 1 aliphatic heterocycles. The number of ether oxygens (including phenoxy) is 1. The Bertz CT molecular complexity index is 1940. The van der Waals surface area contributed by atoms with Crippen LogP contribution in [0.2, 0.25) is 0 Å². The van der Waals surface area contributed by atoms with E-state index in [1.54, 1.807) is 0 Å². The normalized spacial score (nSPS) is 15.2. The SMILES string of the molecule is CCCCCCCCCCSCCCCCCCCCCCNS(=O)(=O)c1ccc(C2=C3C=CC(N(CC)CC)C=C3Oc3cc(N(CC)CC)ccc32)c(S(=O)(=O)O)c1. The second-order valence-electron chi connectivity index (χ2n) is 16.1. The number of thioether (sulfide) groups is 1. The highest BCUT2D eigenvalue weighted by Crippen LogP contribution is 2.46. The number of anilines is 1. The first-order valence-corrected chi connectivity index (χ1v) is 27.2. The zero-order valence-corrected chi connectivity index (χ0v) is 39.8. The third kappa shape index (κ3) is 15.0. The molecule has 0 amide bonds. The summed E-state index contributed by atoms with van der Waals surface area (Å²) in [6.07, 6.45) is 27.3. The summed E-state index contributed by atoms with van der Waals surface area (Å²) in [4.78, 5) is 3.80. The Morgan fingerprint density at radius 2 is 1.25 bits per heavy atom. The zero-order valence-electron chi connectivity index (χ0n) is 37.4.